The van der Waals surface area contributed by atoms with E-state index >= 15 is 0 Å². The molecule has 3 rings (SSSR count). The van der Waals surface area contributed by atoms with Crippen LogP contribution in [0.4, 0.5) is 13.2 Å². The molecular weight excluding hydrogens is 297 g/mol. The van der Waals surface area contributed by atoms with Crippen LogP contribution in [0, 0.1) is 0 Å². The average Bonchev–Trinajstić information content (AvgIpc) is 3.01. The molecule has 0 amide bonds. The van der Waals surface area contributed by atoms with Crippen molar-refractivity contribution in [1.29, 1.82) is 0 Å². The standard InChI is InChI=1S/C14H15F3N4O/c15-14(16,17)11-2-1-10(8-21-5-3-18-4-6-21)12(7-11)13-19-9-22-20-13/h1-2,7,9,18H,3-6,8H2. The van der Waals surface area contributed by atoms with Crippen LogP contribution in [0.1, 0.15) is 11.1 Å². The molecule has 8 heteroatoms. The van der Waals surface area contributed by atoms with Gasteiger partial charge in [0, 0.05) is 38.3 Å². The summed E-state index contributed by atoms with van der Waals surface area (Å²) < 4.78 is 43.4. The summed E-state index contributed by atoms with van der Waals surface area (Å²) in [6, 6.07) is 3.68. The molecule has 0 aliphatic carbocycles. The Bertz CT molecular complexity index is 622. The van der Waals surface area contributed by atoms with Crippen molar-refractivity contribution in [1.82, 2.24) is 20.4 Å². The first-order valence-electron chi connectivity index (χ1n) is 6.94. The minimum absolute atomic E-state index is 0.177. The van der Waals surface area contributed by atoms with E-state index in [2.05, 4.69) is 24.9 Å². The summed E-state index contributed by atoms with van der Waals surface area (Å²) in [6.45, 7) is 4.01. The van der Waals surface area contributed by atoms with Crippen molar-refractivity contribution in [3.8, 4) is 11.4 Å². The first kappa shape index (κ1) is 15.0. The largest absolute Gasteiger partial charge is 0.416 e. The van der Waals surface area contributed by atoms with E-state index < -0.39 is 11.7 Å². The SMILES string of the molecule is FC(F)(F)c1ccc(CN2CCNCC2)c(-c2ncon2)c1. The zero-order valence-electron chi connectivity index (χ0n) is 11.7. The van der Waals surface area contributed by atoms with Gasteiger partial charge in [-0.2, -0.15) is 18.2 Å². The predicted octanol–water partition coefficient (Wildman–Crippen LogP) is 2.16. The van der Waals surface area contributed by atoms with Gasteiger partial charge in [-0.05, 0) is 17.7 Å². The van der Waals surface area contributed by atoms with E-state index in [1.165, 1.54) is 6.07 Å². The third-order valence-corrected chi connectivity index (χ3v) is 3.64. The molecule has 2 aromatic rings. The van der Waals surface area contributed by atoms with Crippen molar-refractivity contribution >= 4 is 0 Å². The van der Waals surface area contributed by atoms with Gasteiger partial charge < -0.3 is 9.84 Å². The van der Waals surface area contributed by atoms with E-state index in [9.17, 15) is 13.2 Å². The molecule has 1 aromatic carbocycles. The zero-order chi connectivity index (χ0) is 15.6. The van der Waals surface area contributed by atoms with Crippen molar-refractivity contribution in [3.05, 3.63) is 35.7 Å². The van der Waals surface area contributed by atoms with Crippen molar-refractivity contribution < 1.29 is 17.7 Å². The van der Waals surface area contributed by atoms with Gasteiger partial charge in [-0.3, -0.25) is 4.90 Å². The second kappa shape index (κ2) is 6.05. The molecule has 5 nitrogen and oxygen atoms in total. The van der Waals surface area contributed by atoms with Crippen LogP contribution in [0.3, 0.4) is 0 Å². The summed E-state index contributed by atoms with van der Waals surface area (Å²) in [6.07, 6.45) is -3.28. The second-order valence-electron chi connectivity index (χ2n) is 5.15. The minimum atomic E-state index is -4.40. The molecule has 0 spiro atoms. The summed E-state index contributed by atoms with van der Waals surface area (Å²) in [7, 11) is 0. The third kappa shape index (κ3) is 3.28. The molecule has 0 atom stereocenters. The lowest BCUT2D eigenvalue weighted by Gasteiger charge is -2.27. The Balaban J connectivity index is 1.94. The molecule has 118 valence electrons. The van der Waals surface area contributed by atoms with Crippen LogP contribution in [-0.2, 0) is 12.7 Å². The van der Waals surface area contributed by atoms with Gasteiger partial charge in [0.1, 0.15) is 0 Å². The molecule has 2 heterocycles. The Morgan fingerprint density at radius 2 is 2.00 bits per heavy atom. The number of hydrogen-bond acceptors (Lipinski definition) is 5. The van der Waals surface area contributed by atoms with Gasteiger partial charge in [0.25, 0.3) is 0 Å². The number of halogens is 3. The van der Waals surface area contributed by atoms with E-state index in [1.54, 1.807) is 0 Å². The van der Waals surface area contributed by atoms with Crippen LogP contribution < -0.4 is 5.32 Å². The van der Waals surface area contributed by atoms with Gasteiger partial charge in [-0.1, -0.05) is 11.2 Å². The Morgan fingerprint density at radius 1 is 1.23 bits per heavy atom. The number of aromatic nitrogens is 2. The van der Waals surface area contributed by atoms with Gasteiger partial charge >= 0.3 is 6.18 Å². The van der Waals surface area contributed by atoms with E-state index in [-0.39, 0.29) is 5.82 Å². The van der Waals surface area contributed by atoms with Crippen molar-refractivity contribution in [2.24, 2.45) is 0 Å². The highest BCUT2D eigenvalue weighted by Gasteiger charge is 2.31. The van der Waals surface area contributed by atoms with Crippen LogP contribution in [-0.4, -0.2) is 41.2 Å². The summed E-state index contributed by atoms with van der Waals surface area (Å²) in [5, 5.41) is 6.92. The van der Waals surface area contributed by atoms with Crippen LogP contribution in [0.5, 0.6) is 0 Å². The minimum Gasteiger partial charge on any atom is -0.342 e. The molecular formula is C14H15F3N4O. The van der Waals surface area contributed by atoms with Crippen molar-refractivity contribution in [2.75, 3.05) is 26.2 Å². The highest BCUT2D eigenvalue weighted by Crippen LogP contribution is 2.33. The fourth-order valence-electron chi connectivity index (χ4n) is 2.50. The molecule has 0 bridgehead atoms. The zero-order valence-corrected chi connectivity index (χ0v) is 11.7. The monoisotopic (exact) mass is 312 g/mol. The Kier molecular flexibility index (Phi) is 4.12. The molecule has 1 aliphatic heterocycles. The Hall–Kier alpha value is -1.93. The molecule has 1 aliphatic rings. The highest BCUT2D eigenvalue weighted by atomic mass is 19.4. The lowest BCUT2D eigenvalue weighted by molar-refractivity contribution is -0.137. The Morgan fingerprint density at radius 3 is 2.64 bits per heavy atom. The lowest BCUT2D eigenvalue weighted by atomic mass is 10.0. The maximum Gasteiger partial charge on any atom is 0.416 e. The molecule has 1 N–H and O–H groups in total. The van der Waals surface area contributed by atoms with Crippen molar-refractivity contribution in [3.63, 3.8) is 0 Å². The maximum absolute atomic E-state index is 12.9. The van der Waals surface area contributed by atoms with E-state index in [0.717, 1.165) is 50.3 Å². The summed E-state index contributed by atoms with van der Waals surface area (Å²) in [4.78, 5) is 6.07. The summed E-state index contributed by atoms with van der Waals surface area (Å²) >= 11 is 0. The van der Waals surface area contributed by atoms with Crippen LogP contribution in [0.2, 0.25) is 0 Å². The number of alkyl halides is 3. The van der Waals surface area contributed by atoms with E-state index in [4.69, 9.17) is 0 Å². The second-order valence-corrected chi connectivity index (χ2v) is 5.15. The lowest BCUT2D eigenvalue weighted by Crippen LogP contribution is -2.42. The summed E-state index contributed by atoms with van der Waals surface area (Å²) in [5.74, 6) is 0.177. The average molecular weight is 312 g/mol. The van der Waals surface area contributed by atoms with Gasteiger partial charge in [-0.25, -0.2) is 0 Å². The fourth-order valence-corrected chi connectivity index (χ4v) is 2.50. The van der Waals surface area contributed by atoms with Gasteiger partial charge in [-0.15, -0.1) is 0 Å². The van der Waals surface area contributed by atoms with Gasteiger partial charge in [0.15, 0.2) is 0 Å². The number of hydrogen-bond donors (Lipinski definition) is 1. The normalized spacial score (nSPS) is 16.9. The van der Waals surface area contributed by atoms with Crippen LogP contribution >= 0.6 is 0 Å². The first-order valence-corrected chi connectivity index (χ1v) is 6.94. The molecule has 1 aromatic heterocycles. The van der Waals surface area contributed by atoms with Crippen LogP contribution in [0.15, 0.2) is 29.1 Å². The number of benzene rings is 1. The van der Waals surface area contributed by atoms with E-state index in [0.29, 0.717) is 12.1 Å². The quantitative estimate of drug-likeness (QED) is 0.941. The number of nitrogens with one attached hydrogen (secondary N) is 1. The number of nitrogens with zero attached hydrogens (tertiary/aromatic N) is 3. The molecule has 1 saturated heterocycles. The topological polar surface area (TPSA) is 54.2 Å². The smallest absolute Gasteiger partial charge is 0.342 e. The number of piperazine rings is 1. The maximum atomic E-state index is 12.9. The van der Waals surface area contributed by atoms with Gasteiger partial charge in [0.2, 0.25) is 12.2 Å². The molecule has 0 radical (unpaired) electrons. The predicted molar refractivity (Wildman–Crippen MR) is 72.9 cm³/mol. The van der Waals surface area contributed by atoms with E-state index in [1.807, 2.05) is 0 Å². The first-order chi connectivity index (χ1) is 10.5. The summed E-state index contributed by atoms with van der Waals surface area (Å²) in [5.41, 5.74) is 0.412. The van der Waals surface area contributed by atoms with Gasteiger partial charge in [0.05, 0.1) is 5.56 Å². The fraction of sp³-hybridized carbons (Fsp3) is 0.429. The number of rotatable bonds is 3. The Labute approximate surface area is 125 Å². The molecule has 0 unspecified atom stereocenters. The molecule has 0 saturated carbocycles. The van der Waals surface area contributed by atoms with Crippen LogP contribution in [0.25, 0.3) is 11.4 Å². The highest BCUT2D eigenvalue weighted by molar-refractivity contribution is 5.61. The molecule has 1 fully saturated rings. The molecule has 22 heavy (non-hydrogen) atoms. The van der Waals surface area contributed by atoms with Crippen molar-refractivity contribution in [2.45, 2.75) is 12.7 Å². The third-order valence-electron chi connectivity index (χ3n) is 3.64.